The second kappa shape index (κ2) is 6.88. The molecule has 0 atom stereocenters. The first-order valence-electron chi connectivity index (χ1n) is 7.37. The monoisotopic (exact) mass is 284 g/mol. The predicted molar refractivity (Wildman–Crippen MR) is 92.8 cm³/mol. The van der Waals surface area contributed by atoms with E-state index >= 15 is 0 Å². The van der Waals surface area contributed by atoms with Gasteiger partial charge in [-0.2, -0.15) is 0 Å². The van der Waals surface area contributed by atoms with Crippen molar-refractivity contribution in [1.29, 1.82) is 0 Å². The van der Waals surface area contributed by atoms with Gasteiger partial charge in [0.05, 0.1) is 11.4 Å². The van der Waals surface area contributed by atoms with E-state index < -0.39 is 0 Å². The molecule has 0 fully saturated rings. The fourth-order valence-corrected chi connectivity index (χ4v) is 2.24. The molecule has 112 valence electrons. The normalized spacial score (nSPS) is 10.2. The molecule has 0 aliphatic rings. The number of benzene rings is 2. The summed E-state index contributed by atoms with van der Waals surface area (Å²) in [6.07, 6.45) is 0. The number of hydrogen-bond donors (Lipinski definition) is 3. The van der Waals surface area contributed by atoms with E-state index in [1.807, 2.05) is 25.1 Å². The lowest BCUT2D eigenvalue weighted by atomic mass is 10.2. The Labute approximate surface area is 126 Å². The summed E-state index contributed by atoms with van der Waals surface area (Å²) in [4.78, 5) is 2.32. The molecule has 0 saturated heterocycles. The van der Waals surface area contributed by atoms with E-state index in [0.717, 1.165) is 35.7 Å². The average molecular weight is 284 g/mol. The quantitative estimate of drug-likeness (QED) is 0.557. The summed E-state index contributed by atoms with van der Waals surface area (Å²) in [7, 11) is 0. The van der Waals surface area contributed by atoms with Crippen LogP contribution in [-0.4, -0.2) is 13.1 Å². The van der Waals surface area contributed by atoms with Gasteiger partial charge >= 0.3 is 0 Å². The van der Waals surface area contributed by atoms with Gasteiger partial charge in [0.15, 0.2) is 0 Å². The number of nitrogens with zero attached hydrogens (tertiary/aromatic N) is 1. The molecule has 0 aromatic heterocycles. The zero-order valence-electron chi connectivity index (χ0n) is 13.0. The van der Waals surface area contributed by atoms with E-state index in [0.29, 0.717) is 0 Å². The molecule has 0 amide bonds. The van der Waals surface area contributed by atoms with E-state index in [1.54, 1.807) is 0 Å². The molecule has 4 nitrogen and oxygen atoms in total. The van der Waals surface area contributed by atoms with Crippen molar-refractivity contribution in [1.82, 2.24) is 0 Å². The van der Waals surface area contributed by atoms with Gasteiger partial charge in [0.2, 0.25) is 0 Å². The number of nitrogens with one attached hydrogen (secondary N) is 2. The Morgan fingerprint density at radius 2 is 1.48 bits per heavy atom. The molecule has 2 aromatic carbocycles. The van der Waals surface area contributed by atoms with Crippen LogP contribution in [0.4, 0.5) is 22.7 Å². The number of hydrazine groups is 1. The van der Waals surface area contributed by atoms with Gasteiger partial charge in [-0.15, -0.1) is 0 Å². The standard InChI is InChI=1S/C17H24N4/c1-4-21(5-2)16-9-6-14(7-10-16)19-20-15-8-11-17(18)13(3)12-15/h6-12,19-20H,4-5,18H2,1-3H3. The number of hydrogen-bond acceptors (Lipinski definition) is 4. The minimum Gasteiger partial charge on any atom is -0.399 e. The summed E-state index contributed by atoms with van der Waals surface area (Å²) < 4.78 is 0. The molecular formula is C17H24N4. The Kier molecular flexibility index (Phi) is 4.93. The van der Waals surface area contributed by atoms with Gasteiger partial charge in [-0.25, -0.2) is 0 Å². The van der Waals surface area contributed by atoms with Crippen LogP contribution in [0.2, 0.25) is 0 Å². The first kappa shape index (κ1) is 15.0. The van der Waals surface area contributed by atoms with Crippen LogP contribution in [0.3, 0.4) is 0 Å². The van der Waals surface area contributed by atoms with Gasteiger partial charge in [-0.3, -0.25) is 0 Å². The van der Waals surface area contributed by atoms with Crippen LogP contribution in [0.25, 0.3) is 0 Å². The first-order valence-corrected chi connectivity index (χ1v) is 7.37. The number of nitrogen functional groups attached to an aromatic ring is 1. The average Bonchev–Trinajstić information content (AvgIpc) is 2.51. The summed E-state index contributed by atoms with van der Waals surface area (Å²) in [6, 6.07) is 14.3. The fourth-order valence-electron chi connectivity index (χ4n) is 2.24. The molecule has 0 aliphatic carbocycles. The van der Waals surface area contributed by atoms with E-state index in [9.17, 15) is 0 Å². The number of rotatable bonds is 6. The zero-order chi connectivity index (χ0) is 15.2. The number of aryl methyl sites for hydroxylation is 1. The largest absolute Gasteiger partial charge is 0.399 e. The van der Waals surface area contributed by atoms with Gasteiger partial charge in [-0.05, 0) is 68.8 Å². The van der Waals surface area contributed by atoms with Crippen LogP contribution >= 0.6 is 0 Å². The zero-order valence-corrected chi connectivity index (χ0v) is 13.0. The molecule has 0 heterocycles. The molecule has 0 radical (unpaired) electrons. The number of anilines is 4. The molecule has 0 unspecified atom stereocenters. The molecule has 4 heteroatoms. The number of nitrogens with two attached hydrogens (primary N) is 1. The van der Waals surface area contributed by atoms with Crippen LogP contribution in [-0.2, 0) is 0 Å². The second-order valence-corrected chi connectivity index (χ2v) is 5.04. The molecule has 0 saturated carbocycles. The van der Waals surface area contributed by atoms with Gasteiger partial charge in [0, 0.05) is 24.5 Å². The molecule has 21 heavy (non-hydrogen) atoms. The van der Waals surface area contributed by atoms with Crippen LogP contribution in [0.15, 0.2) is 42.5 Å². The highest BCUT2D eigenvalue weighted by Crippen LogP contribution is 2.19. The van der Waals surface area contributed by atoms with E-state index in [2.05, 4.69) is 53.9 Å². The lowest BCUT2D eigenvalue weighted by molar-refractivity contribution is 0.866. The SMILES string of the molecule is CCN(CC)c1ccc(NNc2ccc(N)c(C)c2)cc1. The predicted octanol–water partition coefficient (Wildman–Crippen LogP) is 3.86. The summed E-state index contributed by atoms with van der Waals surface area (Å²) in [5.41, 5.74) is 17.3. The van der Waals surface area contributed by atoms with Crippen LogP contribution in [0.5, 0.6) is 0 Å². The lowest BCUT2D eigenvalue weighted by Crippen LogP contribution is -2.21. The van der Waals surface area contributed by atoms with Crippen molar-refractivity contribution >= 4 is 22.7 Å². The first-order chi connectivity index (χ1) is 10.1. The van der Waals surface area contributed by atoms with Gasteiger partial charge in [0.1, 0.15) is 0 Å². The second-order valence-electron chi connectivity index (χ2n) is 5.04. The Bertz CT molecular complexity index is 574. The molecule has 2 rings (SSSR count). The van der Waals surface area contributed by atoms with Crippen molar-refractivity contribution in [3.05, 3.63) is 48.0 Å². The van der Waals surface area contributed by atoms with Crippen molar-refractivity contribution in [2.75, 3.05) is 34.6 Å². The fraction of sp³-hybridized carbons (Fsp3) is 0.294. The Hall–Kier alpha value is -2.36. The van der Waals surface area contributed by atoms with Crippen molar-refractivity contribution in [2.24, 2.45) is 0 Å². The molecule has 0 bridgehead atoms. The van der Waals surface area contributed by atoms with Crippen molar-refractivity contribution in [3.8, 4) is 0 Å². The smallest absolute Gasteiger partial charge is 0.0544 e. The van der Waals surface area contributed by atoms with Crippen LogP contribution in [0.1, 0.15) is 19.4 Å². The summed E-state index contributed by atoms with van der Waals surface area (Å²) in [6.45, 7) is 8.37. The Balaban J connectivity index is 1.98. The van der Waals surface area contributed by atoms with E-state index in [4.69, 9.17) is 5.73 Å². The molecule has 0 aliphatic heterocycles. The van der Waals surface area contributed by atoms with Crippen molar-refractivity contribution < 1.29 is 0 Å². The summed E-state index contributed by atoms with van der Waals surface area (Å²) in [5, 5.41) is 0. The van der Waals surface area contributed by atoms with E-state index in [-0.39, 0.29) is 0 Å². The maximum absolute atomic E-state index is 5.81. The van der Waals surface area contributed by atoms with Gasteiger partial charge < -0.3 is 21.5 Å². The molecule has 2 aromatic rings. The highest BCUT2D eigenvalue weighted by molar-refractivity contribution is 5.61. The molecule has 0 spiro atoms. The Morgan fingerprint density at radius 3 is 2.05 bits per heavy atom. The maximum Gasteiger partial charge on any atom is 0.0544 e. The lowest BCUT2D eigenvalue weighted by Gasteiger charge is -2.21. The highest BCUT2D eigenvalue weighted by atomic mass is 15.4. The van der Waals surface area contributed by atoms with Crippen molar-refractivity contribution in [3.63, 3.8) is 0 Å². The van der Waals surface area contributed by atoms with Crippen molar-refractivity contribution in [2.45, 2.75) is 20.8 Å². The third-order valence-electron chi connectivity index (χ3n) is 3.62. The minimum absolute atomic E-state index is 0.809. The highest BCUT2D eigenvalue weighted by Gasteiger charge is 2.01. The summed E-state index contributed by atoms with van der Waals surface area (Å²) in [5.74, 6) is 0. The third kappa shape index (κ3) is 3.81. The van der Waals surface area contributed by atoms with Gasteiger partial charge in [-0.1, -0.05) is 0 Å². The van der Waals surface area contributed by atoms with Crippen LogP contribution < -0.4 is 21.5 Å². The van der Waals surface area contributed by atoms with Gasteiger partial charge in [0.25, 0.3) is 0 Å². The Morgan fingerprint density at radius 1 is 0.905 bits per heavy atom. The third-order valence-corrected chi connectivity index (χ3v) is 3.62. The van der Waals surface area contributed by atoms with E-state index in [1.165, 1.54) is 5.69 Å². The summed E-state index contributed by atoms with van der Waals surface area (Å²) >= 11 is 0. The minimum atomic E-state index is 0.809. The van der Waals surface area contributed by atoms with Crippen LogP contribution in [0, 0.1) is 6.92 Å². The topological polar surface area (TPSA) is 53.3 Å². The molecular weight excluding hydrogens is 260 g/mol. The maximum atomic E-state index is 5.81. The molecule has 4 N–H and O–H groups in total.